The number of ether oxygens (including phenoxy) is 3. The lowest BCUT2D eigenvalue weighted by Gasteiger charge is -2.38. The molecule has 34 heavy (non-hydrogen) atoms. The fourth-order valence-corrected chi connectivity index (χ4v) is 3.53. The summed E-state index contributed by atoms with van der Waals surface area (Å²) in [6, 6.07) is 8.69. The number of benzene rings is 2. The Balaban J connectivity index is 1.75. The minimum absolute atomic E-state index is 0.120. The monoisotopic (exact) mass is 476 g/mol. The molecule has 12 heteroatoms. The van der Waals surface area contributed by atoms with Gasteiger partial charge in [-0.25, -0.2) is 4.79 Å². The van der Waals surface area contributed by atoms with Gasteiger partial charge in [-0.2, -0.15) is 0 Å². The van der Waals surface area contributed by atoms with Crippen molar-refractivity contribution in [2.45, 2.75) is 30.7 Å². The molecule has 0 unspecified atom stereocenters. The first kappa shape index (κ1) is 23.3. The number of phenolic OH excluding ortho intramolecular Hbond substituents is 2. The smallest absolute Gasteiger partial charge is 0.335 e. The van der Waals surface area contributed by atoms with Gasteiger partial charge in [0, 0.05) is 17.7 Å². The molecule has 0 bridgehead atoms. The van der Waals surface area contributed by atoms with Crippen LogP contribution in [0.1, 0.15) is 0 Å². The lowest BCUT2D eigenvalue weighted by Crippen LogP contribution is -2.61. The van der Waals surface area contributed by atoms with Crippen molar-refractivity contribution in [3.63, 3.8) is 0 Å². The molecule has 4 rings (SSSR count). The van der Waals surface area contributed by atoms with Crippen LogP contribution in [0.15, 0.2) is 45.6 Å². The van der Waals surface area contributed by atoms with E-state index in [0.29, 0.717) is 11.3 Å². The molecule has 1 fully saturated rings. The molecule has 1 aliphatic heterocycles. The van der Waals surface area contributed by atoms with E-state index in [2.05, 4.69) is 0 Å². The van der Waals surface area contributed by atoms with Crippen LogP contribution in [0.2, 0.25) is 0 Å². The van der Waals surface area contributed by atoms with Crippen LogP contribution in [0.3, 0.4) is 0 Å². The average Bonchev–Trinajstić information content (AvgIpc) is 2.81. The highest BCUT2D eigenvalue weighted by Crippen LogP contribution is 2.42. The zero-order valence-corrected chi connectivity index (χ0v) is 17.5. The average molecular weight is 476 g/mol. The Bertz CT molecular complexity index is 1280. The number of hydrogen-bond acceptors (Lipinski definition) is 11. The van der Waals surface area contributed by atoms with Crippen molar-refractivity contribution in [1.29, 1.82) is 0 Å². The maximum Gasteiger partial charge on any atom is 0.335 e. The van der Waals surface area contributed by atoms with Crippen LogP contribution < -0.4 is 14.9 Å². The fraction of sp³-hybridized carbons (Fsp3) is 0.273. The number of aliphatic carboxylic acids is 1. The Morgan fingerprint density at radius 2 is 1.65 bits per heavy atom. The Hall–Kier alpha value is -3.84. The van der Waals surface area contributed by atoms with Crippen molar-refractivity contribution in [2.24, 2.45) is 0 Å². The van der Waals surface area contributed by atoms with Gasteiger partial charge in [-0.1, -0.05) is 0 Å². The van der Waals surface area contributed by atoms with E-state index < -0.39 is 59.4 Å². The summed E-state index contributed by atoms with van der Waals surface area (Å²) in [7, 11) is 1.49. The van der Waals surface area contributed by atoms with Crippen LogP contribution in [0.25, 0.3) is 22.3 Å². The Kier molecular flexibility index (Phi) is 6.06. The van der Waals surface area contributed by atoms with E-state index in [1.165, 1.54) is 7.11 Å². The number of aromatic hydroxyl groups is 2. The van der Waals surface area contributed by atoms with Crippen LogP contribution in [-0.2, 0) is 9.53 Å². The standard InChI is InChI=1S/C22H20O12/c1-31-9-4-2-8(3-5-9)11-6-10(23)14-12(32-11)7-13(15(24)16(14)25)33-22-19(28)17(26)18(27)20(34-22)21(29)30/h2-7,17-20,22,24-28H,1H3,(H,29,30)/t17-,18+,19+,20-,22+/m0/s1. The summed E-state index contributed by atoms with van der Waals surface area (Å²) in [5, 5.41) is 59.4. The number of carbonyl (C=O) groups is 1. The van der Waals surface area contributed by atoms with Gasteiger partial charge in [0.15, 0.2) is 23.0 Å². The molecule has 0 spiro atoms. The molecular weight excluding hydrogens is 456 g/mol. The van der Waals surface area contributed by atoms with E-state index in [4.69, 9.17) is 23.7 Å². The zero-order chi connectivity index (χ0) is 24.7. The first-order valence-electron chi connectivity index (χ1n) is 9.88. The Labute approximate surface area is 190 Å². The predicted molar refractivity (Wildman–Crippen MR) is 113 cm³/mol. The highest BCUT2D eigenvalue weighted by atomic mass is 16.7. The lowest BCUT2D eigenvalue weighted by atomic mass is 9.99. The van der Waals surface area contributed by atoms with E-state index in [1.54, 1.807) is 24.3 Å². The van der Waals surface area contributed by atoms with Crippen molar-refractivity contribution >= 4 is 16.9 Å². The third-order valence-corrected chi connectivity index (χ3v) is 5.36. The van der Waals surface area contributed by atoms with Gasteiger partial charge in [-0.3, -0.25) is 4.79 Å². The van der Waals surface area contributed by atoms with Crippen LogP contribution in [0.4, 0.5) is 0 Å². The highest BCUT2D eigenvalue weighted by Gasteiger charge is 2.48. The molecular formula is C22H20O12. The number of rotatable bonds is 5. The summed E-state index contributed by atoms with van der Waals surface area (Å²) in [5.74, 6) is -3.29. The second-order valence-corrected chi connectivity index (χ2v) is 7.50. The molecule has 0 aliphatic carbocycles. The summed E-state index contributed by atoms with van der Waals surface area (Å²) >= 11 is 0. The van der Waals surface area contributed by atoms with Crippen molar-refractivity contribution < 1.29 is 54.1 Å². The first-order chi connectivity index (χ1) is 16.1. The topological polar surface area (TPSA) is 196 Å². The Morgan fingerprint density at radius 1 is 0.971 bits per heavy atom. The maximum absolute atomic E-state index is 12.6. The second-order valence-electron chi connectivity index (χ2n) is 7.50. The summed E-state index contributed by atoms with van der Waals surface area (Å²) < 4.78 is 21.1. The molecule has 3 aromatic rings. The van der Waals surface area contributed by atoms with E-state index in [1.807, 2.05) is 0 Å². The molecule has 0 saturated carbocycles. The molecule has 0 amide bonds. The number of carboxylic acids is 1. The highest BCUT2D eigenvalue weighted by molar-refractivity contribution is 5.89. The van der Waals surface area contributed by atoms with Crippen LogP contribution >= 0.6 is 0 Å². The number of phenols is 2. The van der Waals surface area contributed by atoms with Crippen LogP contribution in [0.5, 0.6) is 23.0 Å². The van der Waals surface area contributed by atoms with Gasteiger partial charge in [-0.05, 0) is 24.3 Å². The second kappa shape index (κ2) is 8.83. The van der Waals surface area contributed by atoms with Gasteiger partial charge in [0.2, 0.25) is 12.0 Å². The minimum Gasteiger partial charge on any atom is -0.504 e. The molecule has 6 N–H and O–H groups in total. The lowest BCUT2D eigenvalue weighted by molar-refractivity contribution is -0.271. The molecule has 1 aliphatic rings. The summed E-state index contributed by atoms with van der Waals surface area (Å²) in [5.41, 5.74) is -0.378. The normalized spacial score (nSPS) is 24.6. The maximum atomic E-state index is 12.6. The third kappa shape index (κ3) is 3.99. The van der Waals surface area contributed by atoms with E-state index >= 15 is 0 Å². The molecule has 0 radical (unpaired) electrons. The van der Waals surface area contributed by atoms with Gasteiger partial charge in [0.25, 0.3) is 0 Å². The third-order valence-electron chi connectivity index (χ3n) is 5.36. The van der Waals surface area contributed by atoms with Crippen molar-refractivity contribution in [1.82, 2.24) is 0 Å². The van der Waals surface area contributed by atoms with Gasteiger partial charge in [-0.15, -0.1) is 0 Å². The van der Waals surface area contributed by atoms with E-state index in [-0.39, 0.29) is 16.7 Å². The number of methoxy groups -OCH3 is 1. The van der Waals surface area contributed by atoms with E-state index in [9.17, 15) is 35.1 Å². The molecule has 1 aromatic heterocycles. The molecule has 2 heterocycles. The minimum atomic E-state index is -1.95. The van der Waals surface area contributed by atoms with Crippen LogP contribution in [-0.4, -0.2) is 74.4 Å². The molecule has 12 nitrogen and oxygen atoms in total. The first-order valence-corrected chi connectivity index (χ1v) is 9.88. The number of aliphatic hydroxyl groups excluding tert-OH is 3. The fourth-order valence-electron chi connectivity index (χ4n) is 3.53. The number of hydrogen-bond donors (Lipinski definition) is 6. The number of aliphatic hydroxyl groups is 3. The van der Waals surface area contributed by atoms with Gasteiger partial charge in [0.05, 0.1) is 7.11 Å². The number of carboxylic acid groups (broad SMARTS) is 1. The van der Waals surface area contributed by atoms with E-state index in [0.717, 1.165) is 12.1 Å². The largest absolute Gasteiger partial charge is 0.504 e. The van der Waals surface area contributed by atoms with Crippen molar-refractivity contribution in [3.05, 3.63) is 46.6 Å². The molecule has 5 atom stereocenters. The predicted octanol–water partition coefficient (Wildman–Crippen LogP) is 0.151. The van der Waals surface area contributed by atoms with Crippen LogP contribution in [0, 0.1) is 0 Å². The summed E-state index contributed by atoms with van der Waals surface area (Å²) in [6.07, 6.45) is -9.62. The molecule has 2 aromatic carbocycles. The quantitative estimate of drug-likeness (QED) is 0.273. The van der Waals surface area contributed by atoms with Crippen molar-refractivity contribution in [2.75, 3.05) is 7.11 Å². The van der Waals surface area contributed by atoms with Gasteiger partial charge < -0.3 is 49.3 Å². The summed E-state index contributed by atoms with van der Waals surface area (Å²) in [4.78, 5) is 23.9. The summed E-state index contributed by atoms with van der Waals surface area (Å²) in [6.45, 7) is 0. The Morgan fingerprint density at radius 3 is 2.26 bits per heavy atom. The number of fused-ring (bicyclic) bond motifs is 1. The van der Waals surface area contributed by atoms with Gasteiger partial charge in [0.1, 0.15) is 40.8 Å². The zero-order valence-electron chi connectivity index (χ0n) is 17.5. The molecule has 1 saturated heterocycles. The SMILES string of the molecule is COc1ccc(-c2cc(=O)c3c(O)c(O)c(O[C@@H]4O[C@H](C(=O)O)[C@H](O)[C@H](O)[C@H]4O)cc3o2)cc1. The molecule has 180 valence electrons. The van der Waals surface area contributed by atoms with Crippen molar-refractivity contribution in [3.8, 4) is 34.3 Å². The van der Waals surface area contributed by atoms with Gasteiger partial charge >= 0.3 is 5.97 Å².